The van der Waals surface area contributed by atoms with Crippen LogP contribution in [-0.4, -0.2) is 33.9 Å². The van der Waals surface area contributed by atoms with Crippen LogP contribution in [0.4, 0.5) is 0 Å². The molecule has 0 saturated heterocycles. The highest BCUT2D eigenvalue weighted by Crippen LogP contribution is 2.40. The summed E-state index contributed by atoms with van der Waals surface area (Å²) in [6, 6.07) is 5.65. The van der Waals surface area contributed by atoms with E-state index in [-0.39, 0.29) is 11.8 Å². The van der Waals surface area contributed by atoms with Crippen molar-refractivity contribution in [3.63, 3.8) is 0 Å². The fraction of sp³-hybridized carbons (Fsp3) is 0.462. The van der Waals surface area contributed by atoms with E-state index in [2.05, 4.69) is 4.98 Å². The number of rotatable bonds is 4. The first kappa shape index (κ1) is 12.5. The molecule has 0 unspecified atom stereocenters. The molecule has 0 bridgehead atoms. The number of hydrogen-bond donors (Lipinski definition) is 1. The number of aromatic nitrogens is 1. The molecule has 0 radical (unpaired) electrons. The Morgan fingerprint density at radius 2 is 2.17 bits per heavy atom. The summed E-state index contributed by atoms with van der Waals surface area (Å²) in [5.41, 5.74) is 1.72. The molecule has 1 saturated carbocycles. The van der Waals surface area contributed by atoms with E-state index in [9.17, 15) is 9.59 Å². The molecule has 1 aromatic rings. The van der Waals surface area contributed by atoms with E-state index in [1.807, 2.05) is 25.1 Å². The first-order valence-corrected chi connectivity index (χ1v) is 5.89. The van der Waals surface area contributed by atoms with Gasteiger partial charge in [-0.2, -0.15) is 0 Å². The first-order valence-electron chi connectivity index (χ1n) is 5.89. The summed E-state index contributed by atoms with van der Waals surface area (Å²) < 4.78 is 0. The number of amides is 1. The highest BCUT2D eigenvalue weighted by atomic mass is 16.4. The van der Waals surface area contributed by atoms with Crippen LogP contribution in [0.5, 0.6) is 0 Å². The van der Waals surface area contributed by atoms with Crippen LogP contribution >= 0.6 is 0 Å². The Morgan fingerprint density at radius 3 is 2.72 bits per heavy atom. The van der Waals surface area contributed by atoms with Crippen LogP contribution in [0.3, 0.4) is 0 Å². The van der Waals surface area contributed by atoms with Gasteiger partial charge in [-0.05, 0) is 25.5 Å². The van der Waals surface area contributed by atoms with Crippen LogP contribution in [0.2, 0.25) is 0 Å². The summed E-state index contributed by atoms with van der Waals surface area (Å²) in [5.74, 6) is -1.83. The van der Waals surface area contributed by atoms with Gasteiger partial charge in [0.2, 0.25) is 5.91 Å². The number of aryl methyl sites for hydroxylation is 1. The molecular weight excluding hydrogens is 232 g/mol. The zero-order chi connectivity index (χ0) is 13.3. The maximum atomic E-state index is 11.9. The van der Waals surface area contributed by atoms with Crippen LogP contribution in [0.15, 0.2) is 18.2 Å². The fourth-order valence-corrected chi connectivity index (χ4v) is 2.03. The molecule has 5 nitrogen and oxygen atoms in total. The molecule has 1 aliphatic rings. The number of carbonyl (C=O) groups is 2. The van der Waals surface area contributed by atoms with Gasteiger partial charge in [-0.3, -0.25) is 14.6 Å². The maximum absolute atomic E-state index is 11.9. The Kier molecular flexibility index (Phi) is 3.32. The summed E-state index contributed by atoms with van der Waals surface area (Å²) >= 11 is 0. The van der Waals surface area contributed by atoms with Gasteiger partial charge in [0.05, 0.1) is 24.1 Å². The van der Waals surface area contributed by atoms with E-state index in [0.717, 1.165) is 11.4 Å². The van der Waals surface area contributed by atoms with Crippen molar-refractivity contribution in [1.29, 1.82) is 0 Å². The number of carboxylic acid groups (broad SMARTS) is 1. The summed E-state index contributed by atoms with van der Waals surface area (Å²) in [5, 5.41) is 8.80. The van der Waals surface area contributed by atoms with Crippen LogP contribution in [0.1, 0.15) is 17.8 Å². The largest absolute Gasteiger partial charge is 0.481 e. The third-order valence-corrected chi connectivity index (χ3v) is 3.15. The molecule has 96 valence electrons. The van der Waals surface area contributed by atoms with Gasteiger partial charge in [0.1, 0.15) is 0 Å². The molecule has 2 atom stereocenters. The SMILES string of the molecule is Cc1cccc(CN(C)C(=O)[C@@H]2C[C@@H]2C(=O)O)n1. The molecule has 1 aliphatic carbocycles. The fourth-order valence-electron chi connectivity index (χ4n) is 2.03. The first-order chi connectivity index (χ1) is 8.49. The van der Waals surface area contributed by atoms with Crippen molar-refractivity contribution in [2.45, 2.75) is 19.9 Å². The number of aliphatic carboxylic acids is 1. The van der Waals surface area contributed by atoms with Gasteiger partial charge in [0.25, 0.3) is 0 Å². The van der Waals surface area contributed by atoms with Crippen LogP contribution in [0, 0.1) is 18.8 Å². The van der Waals surface area contributed by atoms with Gasteiger partial charge in [-0.25, -0.2) is 0 Å². The van der Waals surface area contributed by atoms with Gasteiger partial charge in [0.15, 0.2) is 0 Å². The second kappa shape index (κ2) is 4.76. The van der Waals surface area contributed by atoms with Crippen LogP contribution in [0.25, 0.3) is 0 Å². The lowest BCUT2D eigenvalue weighted by Crippen LogP contribution is -2.29. The summed E-state index contributed by atoms with van der Waals surface area (Å²) in [6.45, 7) is 2.32. The lowest BCUT2D eigenvalue weighted by Gasteiger charge is -2.16. The molecule has 5 heteroatoms. The number of carbonyl (C=O) groups excluding carboxylic acids is 1. The van der Waals surface area contributed by atoms with Crippen molar-refractivity contribution >= 4 is 11.9 Å². The average Bonchev–Trinajstić information content (AvgIpc) is 3.07. The standard InChI is InChI=1S/C13H16N2O3/c1-8-4-3-5-9(14-8)7-15(2)12(16)10-6-11(10)13(17)18/h3-5,10-11H,6-7H2,1-2H3,(H,17,18)/t10-,11+/m1/s1. The van der Waals surface area contributed by atoms with Crippen molar-refractivity contribution < 1.29 is 14.7 Å². The third-order valence-electron chi connectivity index (χ3n) is 3.15. The monoisotopic (exact) mass is 248 g/mol. The van der Waals surface area contributed by atoms with Crippen molar-refractivity contribution in [3.8, 4) is 0 Å². The lowest BCUT2D eigenvalue weighted by molar-refractivity contribution is -0.141. The predicted molar refractivity (Wildman–Crippen MR) is 64.7 cm³/mol. The maximum Gasteiger partial charge on any atom is 0.307 e. The van der Waals surface area contributed by atoms with Gasteiger partial charge in [0, 0.05) is 12.7 Å². The Hall–Kier alpha value is -1.91. The van der Waals surface area contributed by atoms with E-state index in [1.54, 1.807) is 11.9 Å². The molecule has 1 heterocycles. The highest BCUT2D eigenvalue weighted by molar-refractivity contribution is 5.89. The Morgan fingerprint density at radius 1 is 1.44 bits per heavy atom. The minimum absolute atomic E-state index is 0.106. The zero-order valence-electron chi connectivity index (χ0n) is 10.5. The number of nitrogens with zero attached hydrogens (tertiary/aromatic N) is 2. The average molecular weight is 248 g/mol. The van der Waals surface area contributed by atoms with Gasteiger partial charge in [-0.1, -0.05) is 6.07 Å². The van der Waals surface area contributed by atoms with E-state index < -0.39 is 11.9 Å². The van der Waals surface area contributed by atoms with Crippen molar-refractivity contribution in [2.75, 3.05) is 7.05 Å². The Labute approximate surface area is 105 Å². The van der Waals surface area contributed by atoms with E-state index in [4.69, 9.17) is 5.11 Å². The molecule has 0 spiro atoms. The summed E-state index contributed by atoms with van der Waals surface area (Å²) in [4.78, 5) is 28.5. The van der Waals surface area contributed by atoms with E-state index in [1.165, 1.54) is 0 Å². The quantitative estimate of drug-likeness (QED) is 0.865. The highest BCUT2D eigenvalue weighted by Gasteiger charge is 2.49. The van der Waals surface area contributed by atoms with E-state index >= 15 is 0 Å². The molecule has 18 heavy (non-hydrogen) atoms. The molecule has 0 aromatic carbocycles. The van der Waals surface area contributed by atoms with Crippen molar-refractivity contribution in [2.24, 2.45) is 11.8 Å². The second-order valence-electron chi connectivity index (χ2n) is 4.75. The van der Waals surface area contributed by atoms with Gasteiger partial charge >= 0.3 is 5.97 Å². The lowest BCUT2D eigenvalue weighted by atomic mass is 10.2. The van der Waals surface area contributed by atoms with Crippen LogP contribution < -0.4 is 0 Å². The summed E-state index contributed by atoms with van der Waals surface area (Å²) in [6.07, 6.45) is 0.458. The van der Waals surface area contributed by atoms with Crippen molar-refractivity contribution in [3.05, 3.63) is 29.6 Å². The Balaban J connectivity index is 1.94. The smallest absolute Gasteiger partial charge is 0.307 e. The van der Waals surface area contributed by atoms with Gasteiger partial charge in [-0.15, -0.1) is 0 Å². The normalized spacial score (nSPS) is 21.4. The molecule has 2 rings (SSSR count). The topological polar surface area (TPSA) is 70.5 Å². The van der Waals surface area contributed by atoms with E-state index in [0.29, 0.717) is 13.0 Å². The zero-order valence-corrected chi connectivity index (χ0v) is 10.5. The third kappa shape index (κ3) is 2.67. The Bertz CT molecular complexity index is 487. The number of hydrogen-bond acceptors (Lipinski definition) is 3. The molecule has 1 amide bonds. The second-order valence-corrected chi connectivity index (χ2v) is 4.75. The van der Waals surface area contributed by atoms with Gasteiger partial charge < -0.3 is 10.0 Å². The minimum atomic E-state index is -0.879. The predicted octanol–water partition coefficient (Wildman–Crippen LogP) is 1.07. The number of carboxylic acids is 1. The molecule has 1 fully saturated rings. The minimum Gasteiger partial charge on any atom is -0.481 e. The van der Waals surface area contributed by atoms with Crippen LogP contribution in [-0.2, 0) is 16.1 Å². The molecule has 1 N–H and O–H groups in total. The molecule has 0 aliphatic heterocycles. The number of pyridine rings is 1. The molecular formula is C13H16N2O3. The summed E-state index contributed by atoms with van der Waals surface area (Å²) in [7, 11) is 1.68. The van der Waals surface area contributed by atoms with Crippen molar-refractivity contribution in [1.82, 2.24) is 9.88 Å². The molecule has 1 aromatic heterocycles.